The normalized spacial score (nSPS) is 14.8. The van der Waals surface area contributed by atoms with Gasteiger partial charge in [-0.05, 0) is 50.2 Å². The zero-order valence-corrected chi connectivity index (χ0v) is 16.1. The molecule has 3 aromatic rings. The lowest BCUT2D eigenvalue weighted by Crippen LogP contribution is -2.35. The van der Waals surface area contributed by atoms with E-state index >= 15 is 0 Å². The maximum absolute atomic E-state index is 10.6. The van der Waals surface area contributed by atoms with Crippen molar-refractivity contribution in [1.82, 2.24) is 24.8 Å². The van der Waals surface area contributed by atoms with E-state index < -0.39 is 12.1 Å². The summed E-state index contributed by atoms with van der Waals surface area (Å²) >= 11 is 0. The van der Waals surface area contributed by atoms with Gasteiger partial charge in [0.1, 0.15) is 5.82 Å². The molecule has 0 saturated carbocycles. The minimum Gasteiger partial charge on any atom is -0.475 e. The van der Waals surface area contributed by atoms with Gasteiger partial charge in [-0.3, -0.25) is 0 Å². The van der Waals surface area contributed by atoms with Crippen LogP contribution in [0.5, 0.6) is 0 Å². The number of nitrogens with zero attached hydrogens (tertiary/aromatic N) is 4. The summed E-state index contributed by atoms with van der Waals surface area (Å²) in [5.74, 6) is -1.12. The van der Waals surface area contributed by atoms with Crippen LogP contribution in [0, 0.1) is 0 Å². The van der Waals surface area contributed by atoms with Crippen LogP contribution in [0.15, 0.2) is 36.8 Å². The van der Waals surface area contributed by atoms with Crippen molar-refractivity contribution in [3.8, 4) is 11.4 Å². The molecule has 1 saturated heterocycles. The zero-order valence-electron chi connectivity index (χ0n) is 16.1. The van der Waals surface area contributed by atoms with Gasteiger partial charge < -0.3 is 20.3 Å². The largest absolute Gasteiger partial charge is 0.490 e. The molecule has 0 amide bonds. The molecule has 30 heavy (non-hydrogen) atoms. The number of anilines is 1. The molecule has 3 N–H and O–H groups in total. The summed E-state index contributed by atoms with van der Waals surface area (Å²) in [6.45, 7) is 2.12. The highest BCUT2D eigenvalue weighted by molar-refractivity contribution is 5.80. The Morgan fingerprint density at radius 2 is 1.93 bits per heavy atom. The summed E-state index contributed by atoms with van der Waals surface area (Å²) in [6, 6.07) is 8.55. The number of carboxylic acids is 1. The molecule has 0 spiro atoms. The van der Waals surface area contributed by atoms with Crippen molar-refractivity contribution in [3.05, 3.63) is 36.8 Å². The van der Waals surface area contributed by atoms with Gasteiger partial charge in [-0.1, -0.05) is 0 Å². The third-order valence-corrected chi connectivity index (χ3v) is 4.57. The van der Waals surface area contributed by atoms with E-state index in [4.69, 9.17) is 9.90 Å². The van der Waals surface area contributed by atoms with Gasteiger partial charge in [0, 0.05) is 24.8 Å². The minimum absolute atomic E-state index is 0.485. The number of hydrogen-bond donors (Lipinski definition) is 3. The topological polar surface area (TPSA) is 105 Å². The van der Waals surface area contributed by atoms with Crippen LogP contribution in [0.1, 0.15) is 12.8 Å². The van der Waals surface area contributed by atoms with E-state index in [0.29, 0.717) is 6.04 Å². The quantitative estimate of drug-likeness (QED) is 0.596. The van der Waals surface area contributed by atoms with Gasteiger partial charge in [-0.15, -0.1) is 0 Å². The number of aromatic nitrogens is 4. The molecule has 3 heterocycles. The fourth-order valence-corrected chi connectivity index (χ4v) is 3.02. The molecule has 8 nitrogen and oxygen atoms in total. The Labute approximate surface area is 170 Å². The van der Waals surface area contributed by atoms with Gasteiger partial charge in [-0.25, -0.2) is 19.7 Å². The Hall–Kier alpha value is -3.21. The number of piperidine rings is 1. The first-order chi connectivity index (χ1) is 14.2. The summed E-state index contributed by atoms with van der Waals surface area (Å²) in [6.07, 6.45) is 0.810. The summed E-state index contributed by atoms with van der Waals surface area (Å²) in [7, 11) is 2.00. The van der Waals surface area contributed by atoms with Crippen LogP contribution < -0.4 is 10.6 Å². The molecule has 0 radical (unpaired) electrons. The number of benzene rings is 1. The predicted octanol–water partition coefficient (Wildman–Crippen LogP) is 2.83. The van der Waals surface area contributed by atoms with E-state index in [1.54, 1.807) is 0 Å². The molecule has 11 heteroatoms. The lowest BCUT2D eigenvalue weighted by atomic mass is 10.1. The van der Waals surface area contributed by atoms with Crippen LogP contribution in [0.4, 0.5) is 19.0 Å². The second-order valence-corrected chi connectivity index (χ2v) is 6.80. The maximum Gasteiger partial charge on any atom is 0.490 e. The van der Waals surface area contributed by atoms with E-state index in [9.17, 15) is 13.2 Å². The number of aliphatic carboxylic acids is 1. The van der Waals surface area contributed by atoms with E-state index in [1.807, 2.05) is 42.3 Å². The Bertz CT molecular complexity index is 1010. The molecule has 1 aliphatic heterocycles. The van der Waals surface area contributed by atoms with Gasteiger partial charge in [0.2, 0.25) is 0 Å². The predicted molar refractivity (Wildman–Crippen MR) is 105 cm³/mol. The Balaban J connectivity index is 0.000000318. The van der Waals surface area contributed by atoms with Crippen molar-refractivity contribution >= 4 is 22.8 Å². The summed E-state index contributed by atoms with van der Waals surface area (Å²) in [4.78, 5) is 22.4. The Morgan fingerprint density at radius 1 is 1.23 bits per heavy atom. The molecular formula is C19H21F3N6O2. The molecule has 1 aliphatic rings. The van der Waals surface area contributed by atoms with Crippen LogP contribution in [-0.4, -0.2) is 55.9 Å². The number of fused-ring (bicyclic) bond motifs is 1. The number of nitrogens with one attached hydrogen (secondary N) is 2. The SMILES string of the molecule is Cn1cnc2ccc(-c3nccc(NC4CCNCC4)n3)cc21.O=C(O)C(F)(F)F. The summed E-state index contributed by atoms with van der Waals surface area (Å²) in [5.41, 5.74) is 3.08. The number of imidazole rings is 1. The monoisotopic (exact) mass is 422 g/mol. The van der Waals surface area contributed by atoms with E-state index in [1.165, 1.54) is 0 Å². The Kier molecular flexibility index (Phi) is 6.50. The first kappa shape index (κ1) is 21.5. The number of carbonyl (C=O) groups is 1. The highest BCUT2D eigenvalue weighted by Crippen LogP contribution is 2.22. The third-order valence-electron chi connectivity index (χ3n) is 4.57. The van der Waals surface area contributed by atoms with Gasteiger partial charge in [0.15, 0.2) is 5.82 Å². The van der Waals surface area contributed by atoms with Crippen LogP contribution in [0.25, 0.3) is 22.4 Å². The molecule has 0 unspecified atom stereocenters. The summed E-state index contributed by atoms with van der Waals surface area (Å²) in [5, 5.41) is 14.0. The van der Waals surface area contributed by atoms with Crippen molar-refractivity contribution in [1.29, 1.82) is 0 Å². The second-order valence-electron chi connectivity index (χ2n) is 6.80. The molecule has 0 atom stereocenters. The molecule has 1 aromatic carbocycles. The first-order valence-corrected chi connectivity index (χ1v) is 9.26. The van der Waals surface area contributed by atoms with Crippen LogP contribution >= 0.6 is 0 Å². The number of halogens is 3. The summed E-state index contributed by atoms with van der Waals surface area (Å²) < 4.78 is 33.7. The van der Waals surface area contributed by atoms with Crippen LogP contribution in [-0.2, 0) is 11.8 Å². The molecule has 160 valence electrons. The molecule has 2 aromatic heterocycles. The fraction of sp³-hybridized carbons (Fsp3) is 0.368. The van der Waals surface area contributed by atoms with Crippen molar-refractivity contribution < 1.29 is 23.1 Å². The van der Waals surface area contributed by atoms with E-state index in [2.05, 4.69) is 31.7 Å². The first-order valence-electron chi connectivity index (χ1n) is 9.26. The van der Waals surface area contributed by atoms with E-state index in [-0.39, 0.29) is 0 Å². The highest BCUT2D eigenvalue weighted by Gasteiger charge is 2.38. The second kappa shape index (κ2) is 9.08. The number of aryl methyl sites for hydroxylation is 1. The Morgan fingerprint density at radius 3 is 2.60 bits per heavy atom. The van der Waals surface area contributed by atoms with Crippen molar-refractivity contribution in [2.75, 3.05) is 18.4 Å². The van der Waals surface area contributed by atoms with Crippen LogP contribution in [0.3, 0.4) is 0 Å². The van der Waals surface area contributed by atoms with Crippen molar-refractivity contribution in [2.45, 2.75) is 25.1 Å². The van der Waals surface area contributed by atoms with Crippen LogP contribution in [0.2, 0.25) is 0 Å². The number of rotatable bonds is 3. The van der Waals surface area contributed by atoms with E-state index in [0.717, 1.165) is 54.2 Å². The number of carboxylic acid groups (broad SMARTS) is 1. The number of alkyl halides is 3. The number of hydrogen-bond acceptors (Lipinski definition) is 6. The molecular weight excluding hydrogens is 401 g/mol. The highest BCUT2D eigenvalue weighted by atomic mass is 19.4. The minimum atomic E-state index is -5.08. The van der Waals surface area contributed by atoms with Gasteiger partial charge in [0.05, 0.1) is 17.4 Å². The molecule has 0 aliphatic carbocycles. The molecule has 1 fully saturated rings. The van der Waals surface area contributed by atoms with Gasteiger partial charge in [-0.2, -0.15) is 13.2 Å². The fourth-order valence-electron chi connectivity index (χ4n) is 3.02. The smallest absolute Gasteiger partial charge is 0.475 e. The standard InChI is InChI=1S/C17H20N6.C2HF3O2/c1-23-11-20-14-3-2-12(10-15(14)23)17-19-9-6-16(22-17)21-13-4-7-18-8-5-13;3-2(4,5)1(6)7/h2-3,6,9-11,13,18H,4-5,7-8H2,1H3,(H,19,21,22);(H,6,7). The molecule has 0 bridgehead atoms. The third kappa shape index (κ3) is 5.44. The van der Waals surface area contributed by atoms with Crippen molar-refractivity contribution in [3.63, 3.8) is 0 Å². The van der Waals surface area contributed by atoms with Gasteiger partial charge >= 0.3 is 12.1 Å². The lowest BCUT2D eigenvalue weighted by molar-refractivity contribution is -0.192. The molecule has 4 rings (SSSR count). The zero-order chi connectivity index (χ0) is 21.7. The average molecular weight is 422 g/mol. The lowest BCUT2D eigenvalue weighted by Gasteiger charge is -2.24. The van der Waals surface area contributed by atoms with Crippen molar-refractivity contribution in [2.24, 2.45) is 7.05 Å². The van der Waals surface area contributed by atoms with Gasteiger partial charge in [0.25, 0.3) is 0 Å². The maximum atomic E-state index is 10.6. The average Bonchev–Trinajstić information content (AvgIpc) is 3.09.